The van der Waals surface area contributed by atoms with Gasteiger partial charge < -0.3 is 0 Å². The Kier molecular flexibility index (Phi) is 14.1. The van der Waals surface area contributed by atoms with E-state index in [1.54, 1.807) is 0 Å². The summed E-state index contributed by atoms with van der Waals surface area (Å²) >= 11 is 0. The van der Waals surface area contributed by atoms with Gasteiger partial charge in [-0.3, -0.25) is 0 Å². The average molecular weight is 239 g/mol. The molecule has 0 fully saturated rings. The van der Waals surface area contributed by atoms with Gasteiger partial charge in [-0.2, -0.15) is 0 Å². The van der Waals surface area contributed by atoms with Crippen LogP contribution in [0.25, 0.3) is 0 Å². The molecule has 0 heterocycles. The first-order chi connectivity index (χ1) is 8.35. The summed E-state index contributed by atoms with van der Waals surface area (Å²) in [7, 11) is 0. The van der Waals surface area contributed by atoms with E-state index < -0.39 is 0 Å². The van der Waals surface area contributed by atoms with E-state index in [1.807, 2.05) is 0 Å². The van der Waals surface area contributed by atoms with Crippen molar-refractivity contribution in [3.8, 4) is 0 Å². The minimum absolute atomic E-state index is 1.03. The standard InChI is InChI=1S/C17H35/c1-4-7-10-11-13-16-17(14-9-6-3)15-12-8-5-2/h17H,1,4-16H2,2-3H3. The summed E-state index contributed by atoms with van der Waals surface area (Å²) in [5.74, 6) is 1.03. The molecule has 103 valence electrons. The third-order valence-corrected chi connectivity index (χ3v) is 3.79. The maximum atomic E-state index is 3.91. The van der Waals surface area contributed by atoms with Crippen molar-refractivity contribution < 1.29 is 0 Å². The predicted molar refractivity (Wildman–Crippen MR) is 80.2 cm³/mol. The highest BCUT2D eigenvalue weighted by Gasteiger charge is 2.07. The summed E-state index contributed by atoms with van der Waals surface area (Å²) in [4.78, 5) is 0. The van der Waals surface area contributed by atoms with E-state index in [2.05, 4.69) is 20.8 Å². The molecule has 0 nitrogen and oxygen atoms in total. The first kappa shape index (κ1) is 17.0. The van der Waals surface area contributed by atoms with Crippen LogP contribution < -0.4 is 0 Å². The fourth-order valence-corrected chi connectivity index (χ4v) is 2.57. The second kappa shape index (κ2) is 14.1. The topological polar surface area (TPSA) is 0 Å². The Balaban J connectivity index is 3.53. The first-order valence-electron chi connectivity index (χ1n) is 8.14. The fraction of sp³-hybridized carbons (Fsp3) is 0.941. The van der Waals surface area contributed by atoms with Gasteiger partial charge in [0.15, 0.2) is 0 Å². The van der Waals surface area contributed by atoms with Crippen LogP contribution >= 0.6 is 0 Å². The molecule has 0 aromatic heterocycles. The lowest BCUT2D eigenvalue weighted by Gasteiger charge is -2.16. The molecule has 0 bridgehead atoms. The Morgan fingerprint density at radius 1 is 0.647 bits per heavy atom. The van der Waals surface area contributed by atoms with Crippen LogP contribution in [0, 0.1) is 12.8 Å². The summed E-state index contributed by atoms with van der Waals surface area (Å²) in [6.45, 7) is 8.53. The van der Waals surface area contributed by atoms with E-state index in [0.29, 0.717) is 0 Å². The molecule has 0 amide bonds. The zero-order chi connectivity index (χ0) is 12.8. The van der Waals surface area contributed by atoms with Gasteiger partial charge in [-0.1, -0.05) is 104 Å². The Morgan fingerprint density at radius 2 is 1.18 bits per heavy atom. The molecule has 0 rings (SSSR count). The largest absolute Gasteiger partial charge is 0.0654 e. The molecule has 0 aromatic rings. The van der Waals surface area contributed by atoms with Crippen LogP contribution in [0.1, 0.15) is 97.3 Å². The van der Waals surface area contributed by atoms with E-state index in [4.69, 9.17) is 0 Å². The highest BCUT2D eigenvalue weighted by Crippen LogP contribution is 2.23. The van der Waals surface area contributed by atoms with Crippen LogP contribution in [-0.2, 0) is 0 Å². The highest BCUT2D eigenvalue weighted by atomic mass is 14.1. The molecule has 17 heavy (non-hydrogen) atoms. The van der Waals surface area contributed by atoms with Gasteiger partial charge in [0.25, 0.3) is 0 Å². The van der Waals surface area contributed by atoms with Crippen LogP contribution in [0.4, 0.5) is 0 Å². The summed E-state index contributed by atoms with van der Waals surface area (Å²) in [6, 6.07) is 0. The quantitative estimate of drug-likeness (QED) is 0.320. The fourth-order valence-electron chi connectivity index (χ4n) is 2.57. The molecule has 0 aliphatic carbocycles. The normalized spacial score (nSPS) is 12.9. The molecule has 1 atom stereocenters. The SMILES string of the molecule is [CH2]CCCCCCC(CCCC)CCCCC. The molecule has 0 aliphatic heterocycles. The second-order valence-electron chi connectivity index (χ2n) is 5.56. The van der Waals surface area contributed by atoms with Gasteiger partial charge in [0, 0.05) is 0 Å². The number of hydrogen-bond donors (Lipinski definition) is 0. The minimum Gasteiger partial charge on any atom is -0.0654 e. The molecular weight excluding hydrogens is 204 g/mol. The van der Waals surface area contributed by atoms with Crippen LogP contribution in [0.3, 0.4) is 0 Å². The average Bonchev–Trinajstić information content (AvgIpc) is 2.35. The van der Waals surface area contributed by atoms with Gasteiger partial charge in [0.1, 0.15) is 0 Å². The lowest BCUT2D eigenvalue weighted by Crippen LogP contribution is -2.01. The minimum atomic E-state index is 1.03. The van der Waals surface area contributed by atoms with Gasteiger partial charge in [-0.05, 0) is 5.92 Å². The molecule has 1 unspecified atom stereocenters. The Morgan fingerprint density at radius 3 is 1.76 bits per heavy atom. The molecule has 0 saturated carbocycles. The second-order valence-corrected chi connectivity index (χ2v) is 5.56. The highest BCUT2D eigenvalue weighted by molar-refractivity contribution is 4.61. The van der Waals surface area contributed by atoms with E-state index in [0.717, 1.165) is 12.3 Å². The van der Waals surface area contributed by atoms with Crippen LogP contribution in [-0.4, -0.2) is 0 Å². The lowest BCUT2D eigenvalue weighted by atomic mass is 9.90. The summed E-state index contributed by atoms with van der Waals surface area (Å²) in [6.07, 6.45) is 18.3. The van der Waals surface area contributed by atoms with E-state index in [1.165, 1.54) is 77.0 Å². The van der Waals surface area contributed by atoms with Crippen LogP contribution in [0.5, 0.6) is 0 Å². The van der Waals surface area contributed by atoms with Crippen molar-refractivity contribution >= 4 is 0 Å². The zero-order valence-electron chi connectivity index (χ0n) is 12.5. The van der Waals surface area contributed by atoms with Crippen molar-refractivity contribution in [2.45, 2.75) is 97.3 Å². The van der Waals surface area contributed by atoms with Crippen LogP contribution in [0.15, 0.2) is 0 Å². The molecule has 0 aromatic carbocycles. The van der Waals surface area contributed by atoms with Gasteiger partial charge in [0.05, 0.1) is 0 Å². The van der Waals surface area contributed by atoms with Crippen molar-refractivity contribution in [2.75, 3.05) is 0 Å². The first-order valence-corrected chi connectivity index (χ1v) is 8.14. The molecule has 0 saturated heterocycles. The smallest absolute Gasteiger partial charge is 0.0414 e. The zero-order valence-corrected chi connectivity index (χ0v) is 12.5. The Labute approximate surface area is 111 Å². The summed E-state index contributed by atoms with van der Waals surface area (Å²) < 4.78 is 0. The van der Waals surface area contributed by atoms with Crippen molar-refractivity contribution in [3.63, 3.8) is 0 Å². The summed E-state index contributed by atoms with van der Waals surface area (Å²) in [5.41, 5.74) is 0. The van der Waals surface area contributed by atoms with Crippen LogP contribution in [0.2, 0.25) is 0 Å². The van der Waals surface area contributed by atoms with E-state index in [9.17, 15) is 0 Å². The Bertz CT molecular complexity index is 128. The molecule has 0 heteroatoms. The van der Waals surface area contributed by atoms with Crippen molar-refractivity contribution in [2.24, 2.45) is 5.92 Å². The van der Waals surface area contributed by atoms with Gasteiger partial charge in [0.2, 0.25) is 0 Å². The molecule has 0 N–H and O–H groups in total. The predicted octanol–water partition coefficient (Wildman–Crippen LogP) is 6.55. The maximum absolute atomic E-state index is 3.91. The summed E-state index contributed by atoms with van der Waals surface area (Å²) in [5, 5.41) is 0. The number of hydrogen-bond acceptors (Lipinski definition) is 0. The van der Waals surface area contributed by atoms with E-state index >= 15 is 0 Å². The molecule has 0 aliphatic rings. The van der Waals surface area contributed by atoms with E-state index in [-0.39, 0.29) is 0 Å². The lowest BCUT2D eigenvalue weighted by molar-refractivity contribution is 0.374. The van der Waals surface area contributed by atoms with Crippen molar-refractivity contribution in [3.05, 3.63) is 6.92 Å². The molecule has 1 radical (unpaired) electrons. The maximum Gasteiger partial charge on any atom is -0.0414 e. The Hall–Kier alpha value is 0. The molecular formula is C17H35. The molecule has 0 spiro atoms. The van der Waals surface area contributed by atoms with Gasteiger partial charge in [-0.15, -0.1) is 0 Å². The van der Waals surface area contributed by atoms with Crippen molar-refractivity contribution in [1.82, 2.24) is 0 Å². The third kappa shape index (κ3) is 12.2. The monoisotopic (exact) mass is 239 g/mol. The number of rotatable bonds is 13. The van der Waals surface area contributed by atoms with Gasteiger partial charge in [-0.25, -0.2) is 0 Å². The number of unbranched alkanes of at least 4 members (excludes halogenated alkanes) is 7. The van der Waals surface area contributed by atoms with Gasteiger partial charge >= 0.3 is 0 Å². The van der Waals surface area contributed by atoms with Crippen molar-refractivity contribution in [1.29, 1.82) is 0 Å². The third-order valence-electron chi connectivity index (χ3n) is 3.79.